The Kier molecular flexibility index (Phi) is 6.24. The van der Waals surface area contributed by atoms with Gasteiger partial charge in [0.2, 0.25) is 11.8 Å². The van der Waals surface area contributed by atoms with Gasteiger partial charge in [0.15, 0.2) is 0 Å². The average molecular weight is 366 g/mol. The number of hydrogen-bond donors (Lipinski definition) is 1. The van der Waals surface area contributed by atoms with Gasteiger partial charge in [-0.2, -0.15) is 0 Å². The SMILES string of the molecule is COCCC(=O)N1CCC[C@@H]1C(=O)Nc1cccc(-c2cccc(C)c2)c1. The van der Waals surface area contributed by atoms with Crippen molar-refractivity contribution in [1.82, 2.24) is 4.90 Å². The summed E-state index contributed by atoms with van der Waals surface area (Å²) in [4.78, 5) is 26.8. The molecule has 2 aromatic carbocycles. The van der Waals surface area contributed by atoms with Crippen LogP contribution in [0.4, 0.5) is 5.69 Å². The van der Waals surface area contributed by atoms with Gasteiger partial charge >= 0.3 is 0 Å². The van der Waals surface area contributed by atoms with Gasteiger partial charge < -0.3 is 15.0 Å². The van der Waals surface area contributed by atoms with Crippen LogP contribution >= 0.6 is 0 Å². The molecular weight excluding hydrogens is 340 g/mol. The third-order valence-electron chi connectivity index (χ3n) is 4.88. The summed E-state index contributed by atoms with van der Waals surface area (Å²) < 4.78 is 4.98. The minimum absolute atomic E-state index is 0.0250. The van der Waals surface area contributed by atoms with E-state index in [2.05, 4.69) is 30.4 Å². The van der Waals surface area contributed by atoms with E-state index in [9.17, 15) is 9.59 Å². The van der Waals surface area contributed by atoms with Crippen LogP contribution in [0, 0.1) is 6.92 Å². The first kappa shape index (κ1) is 19.1. The Morgan fingerprint density at radius 1 is 1.15 bits per heavy atom. The molecule has 0 aromatic heterocycles. The Balaban J connectivity index is 1.70. The van der Waals surface area contributed by atoms with Crippen LogP contribution in [0.2, 0.25) is 0 Å². The number of carbonyl (C=O) groups excluding carboxylic acids is 2. The molecule has 1 fully saturated rings. The first-order chi connectivity index (χ1) is 13.1. The maximum absolute atomic E-state index is 12.8. The number of anilines is 1. The lowest BCUT2D eigenvalue weighted by atomic mass is 10.0. The summed E-state index contributed by atoms with van der Waals surface area (Å²) in [5.74, 6) is -0.150. The van der Waals surface area contributed by atoms with E-state index >= 15 is 0 Å². The third-order valence-corrected chi connectivity index (χ3v) is 4.88. The minimum atomic E-state index is -0.406. The second kappa shape index (κ2) is 8.82. The molecule has 1 aliphatic heterocycles. The molecule has 0 radical (unpaired) electrons. The summed E-state index contributed by atoms with van der Waals surface area (Å²) in [5, 5.41) is 2.99. The van der Waals surface area contributed by atoms with E-state index in [0.29, 0.717) is 26.0 Å². The van der Waals surface area contributed by atoms with Gasteiger partial charge in [-0.1, -0.05) is 42.0 Å². The van der Waals surface area contributed by atoms with Crippen LogP contribution in [0.25, 0.3) is 11.1 Å². The van der Waals surface area contributed by atoms with Crippen LogP contribution in [0.1, 0.15) is 24.8 Å². The predicted octanol–water partition coefficient (Wildman–Crippen LogP) is 3.63. The molecule has 0 bridgehead atoms. The zero-order valence-corrected chi connectivity index (χ0v) is 15.9. The zero-order chi connectivity index (χ0) is 19.2. The van der Waals surface area contributed by atoms with Crippen molar-refractivity contribution in [2.75, 3.05) is 25.6 Å². The average Bonchev–Trinajstić information content (AvgIpc) is 3.16. The fourth-order valence-electron chi connectivity index (χ4n) is 3.50. The van der Waals surface area contributed by atoms with Crippen molar-refractivity contribution in [1.29, 1.82) is 0 Å². The molecule has 1 aliphatic rings. The molecule has 2 amide bonds. The largest absolute Gasteiger partial charge is 0.384 e. The first-order valence-electron chi connectivity index (χ1n) is 9.35. The molecule has 0 aliphatic carbocycles. The highest BCUT2D eigenvalue weighted by Crippen LogP contribution is 2.25. The van der Waals surface area contributed by atoms with Gasteiger partial charge in [0.25, 0.3) is 0 Å². The second-order valence-corrected chi connectivity index (χ2v) is 6.93. The molecular formula is C22H26N2O3. The zero-order valence-electron chi connectivity index (χ0n) is 15.9. The number of carbonyl (C=O) groups is 2. The summed E-state index contributed by atoms with van der Waals surface area (Å²) >= 11 is 0. The first-order valence-corrected chi connectivity index (χ1v) is 9.35. The highest BCUT2D eigenvalue weighted by molar-refractivity contribution is 5.98. The van der Waals surface area contributed by atoms with Crippen molar-refractivity contribution in [3.63, 3.8) is 0 Å². The molecule has 1 N–H and O–H groups in total. The normalized spacial score (nSPS) is 16.4. The van der Waals surface area contributed by atoms with Crippen molar-refractivity contribution in [3.8, 4) is 11.1 Å². The summed E-state index contributed by atoms with van der Waals surface area (Å²) in [5.41, 5.74) is 4.10. The number of benzene rings is 2. The molecule has 142 valence electrons. The molecule has 0 saturated carbocycles. The molecule has 3 rings (SSSR count). The van der Waals surface area contributed by atoms with Crippen LogP contribution in [0.3, 0.4) is 0 Å². The molecule has 0 unspecified atom stereocenters. The fourth-order valence-corrected chi connectivity index (χ4v) is 3.50. The number of hydrogen-bond acceptors (Lipinski definition) is 3. The molecule has 5 heteroatoms. The lowest BCUT2D eigenvalue weighted by Crippen LogP contribution is -2.43. The van der Waals surface area contributed by atoms with E-state index in [4.69, 9.17) is 4.74 Å². The minimum Gasteiger partial charge on any atom is -0.384 e. The van der Waals surface area contributed by atoms with Gasteiger partial charge in [0.05, 0.1) is 13.0 Å². The fraction of sp³-hybridized carbons (Fsp3) is 0.364. The maximum atomic E-state index is 12.8. The summed E-state index contributed by atoms with van der Waals surface area (Å²) in [6.45, 7) is 3.07. The maximum Gasteiger partial charge on any atom is 0.247 e. The number of rotatable bonds is 6. The van der Waals surface area contributed by atoms with E-state index in [-0.39, 0.29) is 11.8 Å². The van der Waals surface area contributed by atoms with Gasteiger partial charge in [-0.05, 0) is 43.0 Å². The van der Waals surface area contributed by atoms with Crippen molar-refractivity contribution in [2.24, 2.45) is 0 Å². The number of amides is 2. The topological polar surface area (TPSA) is 58.6 Å². The van der Waals surface area contributed by atoms with Crippen LogP contribution in [-0.4, -0.2) is 43.0 Å². The van der Waals surface area contributed by atoms with Crippen LogP contribution in [-0.2, 0) is 14.3 Å². The van der Waals surface area contributed by atoms with Crippen molar-refractivity contribution in [2.45, 2.75) is 32.2 Å². The predicted molar refractivity (Wildman–Crippen MR) is 106 cm³/mol. The Bertz CT molecular complexity index is 819. The molecule has 2 aromatic rings. The second-order valence-electron chi connectivity index (χ2n) is 6.93. The van der Waals surface area contributed by atoms with Crippen LogP contribution in [0.5, 0.6) is 0 Å². The summed E-state index contributed by atoms with van der Waals surface area (Å²) in [6, 6.07) is 15.7. The smallest absolute Gasteiger partial charge is 0.247 e. The molecule has 1 saturated heterocycles. The number of nitrogens with zero attached hydrogens (tertiary/aromatic N) is 1. The van der Waals surface area contributed by atoms with E-state index < -0.39 is 6.04 Å². The van der Waals surface area contributed by atoms with Gasteiger partial charge in [0, 0.05) is 19.3 Å². The quantitative estimate of drug-likeness (QED) is 0.849. The highest BCUT2D eigenvalue weighted by atomic mass is 16.5. The number of ether oxygens (including phenoxy) is 1. The number of aryl methyl sites for hydroxylation is 1. The Morgan fingerprint density at radius 2 is 1.89 bits per heavy atom. The van der Waals surface area contributed by atoms with E-state index in [1.165, 1.54) is 5.56 Å². The van der Waals surface area contributed by atoms with Crippen molar-refractivity contribution in [3.05, 3.63) is 54.1 Å². The van der Waals surface area contributed by atoms with E-state index in [0.717, 1.165) is 23.2 Å². The van der Waals surface area contributed by atoms with Crippen LogP contribution in [0.15, 0.2) is 48.5 Å². The molecule has 0 spiro atoms. The van der Waals surface area contributed by atoms with Gasteiger partial charge in [-0.3, -0.25) is 9.59 Å². The highest BCUT2D eigenvalue weighted by Gasteiger charge is 2.33. The van der Waals surface area contributed by atoms with Crippen molar-refractivity contribution >= 4 is 17.5 Å². The lowest BCUT2D eigenvalue weighted by molar-refractivity contribution is -0.137. The third kappa shape index (κ3) is 4.74. The number of nitrogens with one attached hydrogen (secondary N) is 1. The molecule has 1 atom stereocenters. The number of methoxy groups -OCH3 is 1. The molecule has 27 heavy (non-hydrogen) atoms. The molecule has 5 nitrogen and oxygen atoms in total. The van der Waals surface area contributed by atoms with Gasteiger partial charge in [0.1, 0.15) is 6.04 Å². The monoisotopic (exact) mass is 366 g/mol. The Labute approximate surface area is 160 Å². The van der Waals surface area contributed by atoms with E-state index in [1.807, 2.05) is 30.3 Å². The summed E-state index contributed by atoms with van der Waals surface area (Å²) in [6.07, 6.45) is 1.85. The Morgan fingerprint density at radius 3 is 2.63 bits per heavy atom. The van der Waals surface area contributed by atoms with Gasteiger partial charge in [-0.25, -0.2) is 0 Å². The Hall–Kier alpha value is -2.66. The number of likely N-dealkylation sites (tertiary alicyclic amines) is 1. The lowest BCUT2D eigenvalue weighted by Gasteiger charge is -2.24. The summed E-state index contributed by atoms with van der Waals surface area (Å²) in [7, 11) is 1.57. The standard InChI is InChI=1S/C22H26N2O3/c1-16-6-3-7-17(14-16)18-8-4-9-19(15-18)23-22(26)20-10-5-12-24(20)21(25)11-13-27-2/h3-4,6-9,14-15,20H,5,10-13H2,1-2H3,(H,23,26)/t20-/m1/s1. The van der Waals surface area contributed by atoms with E-state index in [1.54, 1.807) is 12.0 Å². The van der Waals surface area contributed by atoms with Crippen LogP contribution < -0.4 is 5.32 Å². The molecule has 1 heterocycles. The van der Waals surface area contributed by atoms with Crippen molar-refractivity contribution < 1.29 is 14.3 Å². The van der Waals surface area contributed by atoms with Gasteiger partial charge in [-0.15, -0.1) is 0 Å².